The summed E-state index contributed by atoms with van der Waals surface area (Å²) >= 11 is 0. The minimum absolute atomic E-state index is 0.294. The number of anilines is 1. The van der Waals surface area contributed by atoms with Crippen molar-refractivity contribution in [1.82, 2.24) is 0 Å². The molecule has 0 saturated carbocycles. The fourth-order valence-electron chi connectivity index (χ4n) is 3.66. The zero-order valence-corrected chi connectivity index (χ0v) is 15.3. The number of nitrogens with one attached hydrogen (secondary N) is 1. The standard InChI is InChI=1S/C21H25N3O3/c22-21(24-15-7-9-19-20(12-15)27-11-3-10-26-19)23-13-17-16-5-2-1-4-14(16)6-8-18(17)25/h6-9,12,25H,1-5,10-11,13H2,(H3,22,23,24). The van der Waals surface area contributed by atoms with E-state index in [0.717, 1.165) is 42.7 Å². The van der Waals surface area contributed by atoms with Gasteiger partial charge in [-0.25, -0.2) is 4.99 Å². The maximum Gasteiger partial charge on any atom is 0.193 e. The van der Waals surface area contributed by atoms with E-state index < -0.39 is 0 Å². The molecule has 0 radical (unpaired) electrons. The van der Waals surface area contributed by atoms with Crippen molar-refractivity contribution in [3.8, 4) is 17.2 Å². The van der Waals surface area contributed by atoms with E-state index in [1.54, 1.807) is 6.07 Å². The molecular weight excluding hydrogens is 342 g/mol. The third-order valence-corrected chi connectivity index (χ3v) is 5.05. The van der Waals surface area contributed by atoms with E-state index in [1.165, 1.54) is 17.5 Å². The van der Waals surface area contributed by atoms with Gasteiger partial charge in [0.2, 0.25) is 0 Å². The molecule has 0 unspecified atom stereocenters. The van der Waals surface area contributed by atoms with Gasteiger partial charge in [0.05, 0.1) is 19.8 Å². The number of hydrogen-bond acceptors (Lipinski definition) is 4. The van der Waals surface area contributed by atoms with E-state index in [4.69, 9.17) is 15.2 Å². The van der Waals surface area contributed by atoms with Crippen molar-refractivity contribution in [1.29, 1.82) is 0 Å². The lowest BCUT2D eigenvalue weighted by molar-refractivity contribution is 0.297. The van der Waals surface area contributed by atoms with Crippen molar-refractivity contribution < 1.29 is 14.6 Å². The molecule has 142 valence electrons. The molecule has 0 saturated heterocycles. The van der Waals surface area contributed by atoms with Crippen LogP contribution in [0.3, 0.4) is 0 Å². The molecule has 2 aromatic rings. The number of fused-ring (bicyclic) bond motifs is 2. The number of nitrogens with two attached hydrogens (primary N) is 1. The Labute approximate surface area is 159 Å². The Morgan fingerprint density at radius 2 is 1.85 bits per heavy atom. The molecule has 6 heteroatoms. The highest BCUT2D eigenvalue weighted by Gasteiger charge is 2.16. The van der Waals surface area contributed by atoms with Crippen LogP contribution >= 0.6 is 0 Å². The molecule has 0 spiro atoms. The molecule has 0 aromatic heterocycles. The summed E-state index contributed by atoms with van der Waals surface area (Å²) in [5, 5.41) is 13.4. The molecular formula is C21H25N3O3. The average molecular weight is 367 g/mol. The molecule has 4 rings (SSSR count). The summed E-state index contributed by atoms with van der Waals surface area (Å²) in [6, 6.07) is 9.41. The predicted octanol–water partition coefficient (Wildman–Crippen LogP) is 3.36. The van der Waals surface area contributed by atoms with Gasteiger partial charge in [0.1, 0.15) is 5.75 Å². The van der Waals surface area contributed by atoms with Gasteiger partial charge >= 0.3 is 0 Å². The average Bonchev–Trinajstić information content (AvgIpc) is 2.92. The van der Waals surface area contributed by atoms with Crippen LogP contribution in [-0.2, 0) is 19.4 Å². The van der Waals surface area contributed by atoms with Gasteiger partial charge in [-0.3, -0.25) is 0 Å². The second kappa shape index (κ2) is 7.78. The maximum absolute atomic E-state index is 10.3. The first kappa shape index (κ1) is 17.5. The molecule has 0 atom stereocenters. The molecule has 27 heavy (non-hydrogen) atoms. The monoisotopic (exact) mass is 367 g/mol. The van der Waals surface area contributed by atoms with Crippen molar-refractivity contribution in [3.05, 3.63) is 47.0 Å². The molecule has 1 aliphatic carbocycles. The van der Waals surface area contributed by atoms with Crippen molar-refractivity contribution in [2.24, 2.45) is 10.7 Å². The van der Waals surface area contributed by atoms with E-state index in [-0.39, 0.29) is 0 Å². The molecule has 2 aromatic carbocycles. The first-order chi connectivity index (χ1) is 13.2. The van der Waals surface area contributed by atoms with Crippen molar-refractivity contribution in [2.75, 3.05) is 18.5 Å². The number of hydrogen-bond donors (Lipinski definition) is 3. The van der Waals surface area contributed by atoms with Gasteiger partial charge in [-0.05, 0) is 55.0 Å². The number of nitrogens with zero attached hydrogens (tertiary/aromatic N) is 1. The quantitative estimate of drug-likeness (QED) is 0.572. The Hall–Kier alpha value is -2.89. The highest BCUT2D eigenvalue weighted by molar-refractivity contribution is 5.92. The second-order valence-corrected chi connectivity index (χ2v) is 6.95. The molecule has 0 fully saturated rings. The fraction of sp³-hybridized carbons (Fsp3) is 0.381. The summed E-state index contributed by atoms with van der Waals surface area (Å²) in [6.45, 7) is 1.66. The normalized spacial score (nSPS) is 16.4. The zero-order chi connectivity index (χ0) is 18.6. The van der Waals surface area contributed by atoms with Gasteiger partial charge in [0.25, 0.3) is 0 Å². The van der Waals surface area contributed by atoms with Gasteiger partial charge in [0, 0.05) is 23.7 Å². The van der Waals surface area contributed by atoms with Crippen LogP contribution in [-0.4, -0.2) is 24.3 Å². The Morgan fingerprint density at radius 3 is 2.74 bits per heavy atom. The number of benzene rings is 2. The maximum atomic E-state index is 10.3. The number of rotatable bonds is 3. The molecule has 1 aliphatic heterocycles. The lowest BCUT2D eigenvalue weighted by atomic mass is 9.88. The van der Waals surface area contributed by atoms with Crippen LogP contribution in [0.2, 0.25) is 0 Å². The summed E-state index contributed by atoms with van der Waals surface area (Å²) in [4.78, 5) is 4.44. The van der Waals surface area contributed by atoms with Crippen LogP contribution in [0.1, 0.15) is 36.0 Å². The number of aliphatic imine (C=N–C) groups is 1. The van der Waals surface area contributed by atoms with Crippen molar-refractivity contribution >= 4 is 11.6 Å². The molecule has 1 heterocycles. The number of aromatic hydroxyl groups is 1. The van der Waals surface area contributed by atoms with Crippen molar-refractivity contribution in [3.63, 3.8) is 0 Å². The third-order valence-electron chi connectivity index (χ3n) is 5.05. The Bertz CT molecular complexity index is 864. The summed E-state index contributed by atoms with van der Waals surface area (Å²) in [5.74, 6) is 2.05. The second-order valence-electron chi connectivity index (χ2n) is 6.95. The number of phenolic OH excluding ortho intramolecular Hbond substituents is 1. The van der Waals surface area contributed by atoms with Crippen LogP contribution in [0.25, 0.3) is 0 Å². The van der Waals surface area contributed by atoms with Gasteiger partial charge in [-0.1, -0.05) is 6.07 Å². The molecule has 4 N–H and O–H groups in total. The largest absolute Gasteiger partial charge is 0.508 e. The molecule has 2 aliphatic rings. The predicted molar refractivity (Wildman–Crippen MR) is 106 cm³/mol. The van der Waals surface area contributed by atoms with Crippen LogP contribution in [0.5, 0.6) is 17.2 Å². The summed E-state index contributed by atoms with van der Waals surface area (Å²) in [6.07, 6.45) is 5.28. The minimum Gasteiger partial charge on any atom is -0.508 e. The molecule has 6 nitrogen and oxygen atoms in total. The van der Waals surface area contributed by atoms with Gasteiger partial charge in [0.15, 0.2) is 17.5 Å². The summed E-state index contributed by atoms with van der Waals surface area (Å²) in [5.41, 5.74) is 10.3. The molecule has 0 bridgehead atoms. The van der Waals surface area contributed by atoms with Crippen LogP contribution in [0, 0.1) is 0 Å². The van der Waals surface area contributed by atoms with E-state index in [2.05, 4.69) is 10.3 Å². The van der Waals surface area contributed by atoms with Crippen LogP contribution in [0.15, 0.2) is 35.3 Å². The highest BCUT2D eigenvalue weighted by atomic mass is 16.5. The lowest BCUT2D eigenvalue weighted by Crippen LogP contribution is -2.22. The van der Waals surface area contributed by atoms with Crippen molar-refractivity contribution in [2.45, 2.75) is 38.6 Å². The third kappa shape index (κ3) is 3.94. The Balaban J connectivity index is 1.49. The van der Waals surface area contributed by atoms with E-state index in [0.29, 0.717) is 37.2 Å². The summed E-state index contributed by atoms with van der Waals surface area (Å²) in [7, 11) is 0. The van der Waals surface area contributed by atoms with Gasteiger partial charge in [-0.15, -0.1) is 0 Å². The summed E-state index contributed by atoms with van der Waals surface area (Å²) < 4.78 is 11.3. The number of ether oxygens (including phenoxy) is 2. The van der Waals surface area contributed by atoms with Crippen LogP contribution < -0.4 is 20.5 Å². The first-order valence-electron chi connectivity index (χ1n) is 9.50. The number of aryl methyl sites for hydroxylation is 1. The lowest BCUT2D eigenvalue weighted by Gasteiger charge is -2.19. The first-order valence-corrected chi connectivity index (χ1v) is 9.50. The zero-order valence-electron chi connectivity index (χ0n) is 15.3. The number of guanidine groups is 1. The number of phenols is 1. The minimum atomic E-state index is 0.294. The van der Waals surface area contributed by atoms with Gasteiger partial charge < -0.3 is 25.6 Å². The van der Waals surface area contributed by atoms with E-state index in [1.807, 2.05) is 24.3 Å². The molecule has 0 amide bonds. The Kier molecular flexibility index (Phi) is 5.05. The van der Waals surface area contributed by atoms with Gasteiger partial charge in [-0.2, -0.15) is 0 Å². The van der Waals surface area contributed by atoms with E-state index >= 15 is 0 Å². The Morgan fingerprint density at radius 1 is 1.04 bits per heavy atom. The highest BCUT2D eigenvalue weighted by Crippen LogP contribution is 2.33. The van der Waals surface area contributed by atoms with Crippen LogP contribution in [0.4, 0.5) is 5.69 Å². The smallest absolute Gasteiger partial charge is 0.193 e. The fourth-order valence-corrected chi connectivity index (χ4v) is 3.66. The van der Waals surface area contributed by atoms with E-state index in [9.17, 15) is 5.11 Å². The SMILES string of the molecule is NC(=NCc1c(O)ccc2c1CCCC2)Nc1ccc2c(c1)OCCCO2. The topological polar surface area (TPSA) is 89.1 Å².